The minimum Gasteiger partial charge on any atom is -0.382 e. The minimum absolute atomic E-state index is 0.190. The van der Waals surface area contributed by atoms with Gasteiger partial charge < -0.3 is 5.11 Å². The fraction of sp³-hybridized carbons (Fsp3) is 0.182. The average molecular weight is 258 g/mol. The largest absolute Gasteiger partial charge is 0.382 e. The third-order valence-electron chi connectivity index (χ3n) is 2.17. The molecule has 0 saturated carbocycles. The summed E-state index contributed by atoms with van der Waals surface area (Å²) in [5.41, 5.74) is 0.651. The van der Waals surface area contributed by atoms with Crippen LogP contribution in [0.25, 0.3) is 0 Å². The van der Waals surface area contributed by atoms with Gasteiger partial charge in [0.1, 0.15) is 11.9 Å². The van der Waals surface area contributed by atoms with E-state index in [0.29, 0.717) is 10.7 Å². The maximum atomic E-state index is 13.5. The zero-order chi connectivity index (χ0) is 11.7. The highest BCUT2D eigenvalue weighted by molar-refractivity contribution is 7.09. The van der Waals surface area contributed by atoms with E-state index in [-0.39, 0.29) is 5.56 Å². The van der Waals surface area contributed by atoms with Crippen LogP contribution >= 0.6 is 22.9 Å². The molecule has 2 rings (SSSR count). The van der Waals surface area contributed by atoms with E-state index < -0.39 is 11.9 Å². The fourth-order valence-corrected chi connectivity index (χ4v) is 2.18. The van der Waals surface area contributed by atoms with Crippen molar-refractivity contribution in [3.63, 3.8) is 0 Å². The van der Waals surface area contributed by atoms with Gasteiger partial charge in [0.15, 0.2) is 0 Å². The van der Waals surface area contributed by atoms with Crippen LogP contribution in [0.2, 0.25) is 5.02 Å². The molecule has 2 aromatic rings. The molecule has 2 nitrogen and oxygen atoms in total. The number of rotatable bonds is 2. The summed E-state index contributed by atoms with van der Waals surface area (Å²) in [5, 5.41) is 12.8. The predicted molar refractivity (Wildman–Crippen MR) is 62.3 cm³/mol. The van der Waals surface area contributed by atoms with Crippen LogP contribution in [0.15, 0.2) is 23.6 Å². The Kier molecular flexibility index (Phi) is 3.23. The fourth-order valence-electron chi connectivity index (χ4n) is 1.39. The van der Waals surface area contributed by atoms with Gasteiger partial charge in [-0.05, 0) is 19.1 Å². The zero-order valence-electron chi connectivity index (χ0n) is 8.45. The van der Waals surface area contributed by atoms with Gasteiger partial charge in [-0.2, -0.15) is 0 Å². The molecule has 0 fully saturated rings. The Bertz CT molecular complexity index is 514. The number of hydrogen-bond acceptors (Lipinski definition) is 3. The van der Waals surface area contributed by atoms with E-state index in [4.69, 9.17) is 11.6 Å². The summed E-state index contributed by atoms with van der Waals surface area (Å²) in [6.45, 7) is 1.83. The third kappa shape index (κ3) is 2.24. The summed E-state index contributed by atoms with van der Waals surface area (Å²) >= 11 is 7.05. The lowest BCUT2D eigenvalue weighted by Gasteiger charge is -2.09. The monoisotopic (exact) mass is 257 g/mol. The van der Waals surface area contributed by atoms with Gasteiger partial charge in [0, 0.05) is 16.0 Å². The van der Waals surface area contributed by atoms with Crippen molar-refractivity contribution in [2.24, 2.45) is 0 Å². The van der Waals surface area contributed by atoms with Gasteiger partial charge in [-0.15, -0.1) is 11.3 Å². The zero-order valence-corrected chi connectivity index (χ0v) is 10.0. The molecule has 5 heteroatoms. The van der Waals surface area contributed by atoms with Gasteiger partial charge in [0.25, 0.3) is 0 Å². The van der Waals surface area contributed by atoms with E-state index in [1.807, 2.05) is 6.92 Å². The minimum atomic E-state index is -1.04. The van der Waals surface area contributed by atoms with Crippen molar-refractivity contribution in [2.45, 2.75) is 13.0 Å². The van der Waals surface area contributed by atoms with Crippen LogP contribution in [0.4, 0.5) is 4.39 Å². The molecule has 0 radical (unpaired) electrons. The number of aromatic nitrogens is 1. The maximum Gasteiger partial charge on any atom is 0.130 e. The van der Waals surface area contributed by atoms with E-state index in [0.717, 1.165) is 5.01 Å². The molecule has 1 unspecified atom stereocenters. The first-order valence-corrected chi connectivity index (χ1v) is 5.88. The number of benzene rings is 1. The number of aryl methyl sites for hydroxylation is 1. The topological polar surface area (TPSA) is 33.1 Å². The van der Waals surface area contributed by atoms with Crippen LogP contribution in [-0.2, 0) is 0 Å². The second kappa shape index (κ2) is 4.49. The Balaban J connectivity index is 2.37. The van der Waals surface area contributed by atoms with Gasteiger partial charge in [0.05, 0.1) is 10.7 Å². The SMILES string of the molecule is Cc1nc(C(O)c2ccc(Cl)cc2F)cs1. The Morgan fingerprint density at radius 2 is 2.25 bits per heavy atom. The molecule has 16 heavy (non-hydrogen) atoms. The molecule has 0 bridgehead atoms. The Morgan fingerprint density at radius 1 is 1.50 bits per heavy atom. The average Bonchev–Trinajstić information content (AvgIpc) is 2.64. The first-order valence-electron chi connectivity index (χ1n) is 4.63. The van der Waals surface area contributed by atoms with Crippen molar-refractivity contribution in [2.75, 3.05) is 0 Å². The first kappa shape index (κ1) is 11.5. The van der Waals surface area contributed by atoms with E-state index in [2.05, 4.69) is 4.98 Å². The number of nitrogens with zero attached hydrogens (tertiary/aromatic N) is 1. The van der Waals surface area contributed by atoms with Crippen LogP contribution in [0, 0.1) is 12.7 Å². The lowest BCUT2D eigenvalue weighted by molar-refractivity contribution is 0.210. The number of thiazole rings is 1. The molecule has 0 aliphatic carbocycles. The number of aliphatic hydroxyl groups excluding tert-OH is 1. The molecule has 84 valence electrons. The smallest absolute Gasteiger partial charge is 0.130 e. The molecular formula is C11H9ClFNOS. The van der Waals surface area contributed by atoms with Crippen molar-refractivity contribution in [3.05, 3.63) is 50.7 Å². The van der Waals surface area contributed by atoms with Gasteiger partial charge >= 0.3 is 0 Å². The van der Waals surface area contributed by atoms with Gasteiger partial charge in [-0.1, -0.05) is 17.7 Å². The van der Waals surface area contributed by atoms with E-state index in [1.54, 1.807) is 11.4 Å². The molecule has 0 spiro atoms. The van der Waals surface area contributed by atoms with Crippen molar-refractivity contribution >= 4 is 22.9 Å². The summed E-state index contributed by atoms with van der Waals surface area (Å²) in [7, 11) is 0. The van der Waals surface area contributed by atoms with Crippen LogP contribution in [0.3, 0.4) is 0 Å². The summed E-state index contributed by atoms with van der Waals surface area (Å²) in [6.07, 6.45) is -1.04. The molecule has 1 aromatic carbocycles. The number of hydrogen-bond donors (Lipinski definition) is 1. The second-order valence-corrected chi connectivity index (χ2v) is 4.86. The highest BCUT2D eigenvalue weighted by Crippen LogP contribution is 2.26. The lowest BCUT2D eigenvalue weighted by atomic mass is 10.1. The Morgan fingerprint density at radius 3 is 2.81 bits per heavy atom. The van der Waals surface area contributed by atoms with Crippen LogP contribution in [-0.4, -0.2) is 10.1 Å². The molecule has 1 N–H and O–H groups in total. The van der Waals surface area contributed by atoms with Gasteiger partial charge in [-0.3, -0.25) is 0 Å². The summed E-state index contributed by atoms with van der Waals surface area (Å²) in [5.74, 6) is -0.523. The molecule has 0 aliphatic heterocycles. The summed E-state index contributed by atoms with van der Waals surface area (Å²) in [4.78, 5) is 4.12. The van der Waals surface area contributed by atoms with Crippen molar-refractivity contribution in [1.82, 2.24) is 4.98 Å². The number of halogens is 2. The molecule has 1 aromatic heterocycles. The first-order chi connectivity index (χ1) is 7.58. The summed E-state index contributed by atoms with van der Waals surface area (Å²) in [6, 6.07) is 4.19. The highest BCUT2D eigenvalue weighted by Gasteiger charge is 2.17. The molecule has 0 aliphatic rings. The Labute approximate surface area is 101 Å². The van der Waals surface area contributed by atoms with Gasteiger partial charge in [0.2, 0.25) is 0 Å². The van der Waals surface area contributed by atoms with Gasteiger partial charge in [-0.25, -0.2) is 9.37 Å². The predicted octanol–water partition coefficient (Wildman–Crippen LogP) is 3.33. The van der Waals surface area contributed by atoms with E-state index >= 15 is 0 Å². The van der Waals surface area contributed by atoms with Crippen molar-refractivity contribution < 1.29 is 9.50 Å². The molecule has 0 amide bonds. The van der Waals surface area contributed by atoms with Crippen molar-refractivity contribution in [3.8, 4) is 0 Å². The highest BCUT2D eigenvalue weighted by atomic mass is 35.5. The van der Waals surface area contributed by atoms with Crippen molar-refractivity contribution in [1.29, 1.82) is 0 Å². The van der Waals surface area contributed by atoms with Crippen LogP contribution < -0.4 is 0 Å². The number of aliphatic hydroxyl groups is 1. The third-order valence-corrected chi connectivity index (χ3v) is 3.20. The quantitative estimate of drug-likeness (QED) is 0.895. The molecule has 0 saturated heterocycles. The second-order valence-electron chi connectivity index (χ2n) is 3.36. The Hall–Kier alpha value is -0.970. The van der Waals surface area contributed by atoms with E-state index in [9.17, 15) is 9.50 Å². The van der Waals surface area contributed by atoms with Crippen LogP contribution in [0.5, 0.6) is 0 Å². The summed E-state index contributed by atoms with van der Waals surface area (Å²) < 4.78 is 13.5. The molecule has 1 atom stereocenters. The standard InChI is InChI=1S/C11H9ClFNOS/c1-6-14-10(5-16-6)11(15)8-3-2-7(12)4-9(8)13/h2-5,11,15H,1H3. The van der Waals surface area contributed by atoms with E-state index in [1.165, 1.54) is 23.5 Å². The van der Waals surface area contributed by atoms with Crippen LogP contribution in [0.1, 0.15) is 22.4 Å². The molecule has 1 heterocycles. The maximum absolute atomic E-state index is 13.5. The molecular weight excluding hydrogens is 249 g/mol. The lowest BCUT2D eigenvalue weighted by Crippen LogP contribution is -2.02. The normalized spacial score (nSPS) is 12.8.